The second-order valence-electron chi connectivity index (χ2n) is 3.27. The van der Waals surface area contributed by atoms with Crippen LogP contribution in [0.3, 0.4) is 0 Å². The molecule has 62 valence electrons. The summed E-state index contributed by atoms with van der Waals surface area (Å²) in [7, 11) is 0. The number of rotatable bonds is 5. The first-order chi connectivity index (χ1) is 4.66. The molecule has 0 radical (unpaired) electrons. The van der Waals surface area contributed by atoms with E-state index >= 15 is 0 Å². The van der Waals surface area contributed by atoms with Gasteiger partial charge in [-0.15, -0.1) is 11.8 Å². The van der Waals surface area contributed by atoms with Gasteiger partial charge in [-0.2, -0.15) is 0 Å². The fourth-order valence-corrected chi connectivity index (χ4v) is 1.82. The van der Waals surface area contributed by atoms with Crippen LogP contribution in [0.25, 0.3) is 0 Å². The number of thioether (sulfide) groups is 1. The van der Waals surface area contributed by atoms with Crippen LogP contribution in [0.2, 0.25) is 0 Å². The Hall–Kier alpha value is 0.310. The molecule has 0 bridgehead atoms. The van der Waals surface area contributed by atoms with Gasteiger partial charge in [-0.1, -0.05) is 20.8 Å². The summed E-state index contributed by atoms with van der Waals surface area (Å²) < 4.78 is 0. The van der Waals surface area contributed by atoms with Crippen LogP contribution in [0, 0.1) is 11.8 Å². The summed E-state index contributed by atoms with van der Waals surface area (Å²) in [5.41, 5.74) is 5.37. The van der Waals surface area contributed by atoms with Crippen LogP contribution < -0.4 is 5.73 Å². The second-order valence-corrected chi connectivity index (χ2v) is 4.35. The van der Waals surface area contributed by atoms with Crippen LogP contribution in [0.15, 0.2) is 0 Å². The van der Waals surface area contributed by atoms with Crippen molar-refractivity contribution in [2.45, 2.75) is 27.2 Å². The van der Waals surface area contributed by atoms with Gasteiger partial charge in [0.1, 0.15) is 0 Å². The topological polar surface area (TPSA) is 26.0 Å². The molecule has 10 heavy (non-hydrogen) atoms. The molecule has 1 atom stereocenters. The lowest BCUT2D eigenvalue weighted by atomic mass is 10.0. The molecule has 0 spiro atoms. The van der Waals surface area contributed by atoms with Crippen molar-refractivity contribution >= 4 is 11.8 Å². The molecule has 0 heterocycles. The normalized spacial score (nSPS) is 14.1. The number of nitrogens with two attached hydrogens (primary N) is 1. The van der Waals surface area contributed by atoms with E-state index in [9.17, 15) is 0 Å². The zero-order chi connectivity index (χ0) is 7.98. The fraction of sp³-hybridized carbons (Fsp3) is 1.00. The van der Waals surface area contributed by atoms with E-state index in [0.29, 0.717) is 0 Å². The molecule has 0 saturated heterocycles. The first-order valence-electron chi connectivity index (χ1n) is 3.94. The molecule has 0 aliphatic carbocycles. The van der Waals surface area contributed by atoms with Gasteiger partial charge in [0.15, 0.2) is 0 Å². The summed E-state index contributed by atoms with van der Waals surface area (Å²) in [6.07, 6.45) is 1.33. The Balaban J connectivity index is 3.16. The van der Waals surface area contributed by atoms with Crippen LogP contribution in [0.1, 0.15) is 27.2 Å². The maximum absolute atomic E-state index is 5.37. The van der Waals surface area contributed by atoms with Gasteiger partial charge in [0.2, 0.25) is 0 Å². The predicted molar refractivity (Wildman–Crippen MR) is 50.1 cm³/mol. The maximum atomic E-state index is 5.37. The lowest BCUT2D eigenvalue weighted by Gasteiger charge is -2.12. The van der Waals surface area contributed by atoms with E-state index in [2.05, 4.69) is 20.8 Å². The van der Waals surface area contributed by atoms with Gasteiger partial charge in [0.25, 0.3) is 0 Å². The molecule has 2 heteroatoms. The molecular weight excluding hydrogens is 142 g/mol. The van der Waals surface area contributed by atoms with E-state index in [1.807, 2.05) is 11.8 Å². The Morgan fingerprint density at radius 1 is 1.30 bits per heavy atom. The van der Waals surface area contributed by atoms with Crippen LogP contribution in [-0.2, 0) is 0 Å². The minimum absolute atomic E-state index is 0.766. The van der Waals surface area contributed by atoms with Gasteiger partial charge in [-0.05, 0) is 24.0 Å². The lowest BCUT2D eigenvalue weighted by Crippen LogP contribution is -2.05. The van der Waals surface area contributed by atoms with Crippen molar-refractivity contribution in [3.05, 3.63) is 0 Å². The molecule has 1 unspecified atom stereocenters. The van der Waals surface area contributed by atoms with Gasteiger partial charge < -0.3 is 5.73 Å². The SMILES string of the molecule is CC(C)CC(C)CSCN. The van der Waals surface area contributed by atoms with Crippen molar-refractivity contribution in [2.24, 2.45) is 17.6 Å². The molecular formula is C8H19NS. The van der Waals surface area contributed by atoms with Crippen molar-refractivity contribution < 1.29 is 0 Å². The van der Waals surface area contributed by atoms with E-state index in [1.54, 1.807) is 0 Å². The average Bonchev–Trinajstić information content (AvgIpc) is 1.82. The van der Waals surface area contributed by atoms with E-state index < -0.39 is 0 Å². The molecule has 0 aromatic rings. The standard InChI is InChI=1S/C8H19NS/c1-7(2)4-8(3)5-10-6-9/h7-8H,4-6,9H2,1-3H3. The molecule has 0 saturated carbocycles. The summed E-state index contributed by atoms with van der Waals surface area (Å²) in [6, 6.07) is 0. The van der Waals surface area contributed by atoms with E-state index in [0.717, 1.165) is 17.7 Å². The van der Waals surface area contributed by atoms with Crippen molar-refractivity contribution in [1.29, 1.82) is 0 Å². The zero-order valence-electron chi connectivity index (χ0n) is 7.26. The molecule has 0 aromatic carbocycles. The van der Waals surface area contributed by atoms with Crippen LogP contribution in [-0.4, -0.2) is 11.6 Å². The molecule has 1 nitrogen and oxygen atoms in total. The minimum atomic E-state index is 0.766. The van der Waals surface area contributed by atoms with Gasteiger partial charge >= 0.3 is 0 Å². The molecule has 0 amide bonds. The lowest BCUT2D eigenvalue weighted by molar-refractivity contribution is 0.475. The summed E-state index contributed by atoms with van der Waals surface area (Å²) in [5.74, 6) is 3.64. The summed E-state index contributed by atoms with van der Waals surface area (Å²) in [5, 5.41) is 0. The summed E-state index contributed by atoms with van der Waals surface area (Å²) in [6.45, 7) is 6.83. The summed E-state index contributed by atoms with van der Waals surface area (Å²) >= 11 is 1.84. The zero-order valence-corrected chi connectivity index (χ0v) is 8.08. The number of hydrogen-bond donors (Lipinski definition) is 1. The third kappa shape index (κ3) is 6.43. The highest BCUT2D eigenvalue weighted by Gasteiger charge is 2.03. The van der Waals surface area contributed by atoms with Crippen molar-refractivity contribution in [3.8, 4) is 0 Å². The Morgan fingerprint density at radius 3 is 2.30 bits per heavy atom. The first kappa shape index (κ1) is 10.3. The highest BCUT2D eigenvalue weighted by Crippen LogP contribution is 2.15. The quantitative estimate of drug-likeness (QED) is 0.626. The number of hydrogen-bond acceptors (Lipinski definition) is 2. The fourth-order valence-electron chi connectivity index (χ4n) is 1.14. The van der Waals surface area contributed by atoms with E-state index in [1.165, 1.54) is 12.2 Å². The monoisotopic (exact) mass is 161 g/mol. The third-order valence-electron chi connectivity index (χ3n) is 1.39. The largest absolute Gasteiger partial charge is 0.322 e. The average molecular weight is 161 g/mol. The Labute approximate surface area is 68.8 Å². The van der Waals surface area contributed by atoms with Gasteiger partial charge in [-0.3, -0.25) is 0 Å². The molecule has 0 fully saturated rings. The van der Waals surface area contributed by atoms with Crippen molar-refractivity contribution in [2.75, 3.05) is 11.6 Å². The first-order valence-corrected chi connectivity index (χ1v) is 5.10. The summed E-state index contributed by atoms with van der Waals surface area (Å²) in [4.78, 5) is 0. The third-order valence-corrected chi connectivity index (χ3v) is 2.43. The molecule has 0 rings (SSSR count). The second kappa shape index (κ2) is 6.05. The Bertz CT molecular complexity index is 73.7. The molecule has 0 aromatic heterocycles. The van der Waals surface area contributed by atoms with Crippen molar-refractivity contribution in [3.63, 3.8) is 0 Å². The van der Waals surface area contributed by atoms with Crippen LogP contribution >= 0.6 is 11.8 Å². The van der Waals surface area contributed by atoms with Gasteiger partial charge in [-0.25, -0.2) is 0 Å². The van der Waals surface area contributed by atoms with Crippen LogP contribution in [0.5, 0.6) is 0 Å². The predicted octanol–water partition coefficient (Wildman–Crippen LogP) is 2.32. The maximum Gasteiger partial charge on any atom is 0.0392 e. The smallest absolute Gasteiger partial charge is 0.0392 e. The van der Waals surface area contributed by atoms with Crippen LogP contribution in [0.4, 0.5) is 0 Å². The Morgan fingerprint density at radius 2 is 1.90 bits per heavy atom. The molecule has 0 aliphatic heterocycles. The van der Waals surface area contributed by atoms with Crippen molar-refractivity contribution in [1.82, 2.24) is 0 Å². The Kier molecular flexibility index (Phi) is 6.24. The molecule has 2 N–H and O–H groups in total. The highest BCUT2D eigenvalue weighted by molar-refractivity contribution is 7.99. The molecule has 0 aliphatic rings. The van der Waals surface area contributed by atoms with E-state index in [-0.39, 0.29) is 0 Å². The van der Waals surface area contributed by atoms with E-state index in [4.69, 9.17) is 5.73 Å². The minimum Gasteiger partial charge on any atom is -0.322 e. The highest BCUT2D eigenvalue weighted by atomic mass is 32.2. The van der Waals surface area contributed by atoms with Gasteiger partial charge in [0.05, 0.1) is 0 Å². The van der Waals surface area contributed by atoms with Gasteiger partial charge in [0, 0.05) is 5.88 Å².